The van der Waals surface area contributed by atoms with Crippen LogP contribution in [-0.4, -0.2) is 30.2 Å². The van der Waals surface area contributed by atoms with Gasteiger partial charge in [-0.3, -0.25) is 0 Å². The SMILES string of the molecule is CC1CN(c2snc(N)c2-c2ccccc2)CCCO1. The van der Waals surface area contributed by atoms with Gasteiger partial charge in [-0.15, -0.1) is 0 Å². The van der Waals surface area contributed by atoms with Crippen LogP contribution >= 0.6 is 11.5 Å². The molecule has 0 bridgehead atoms. The van der Waals surface area contributed by atoms with Gasteiger partial charge in [-0.25, -0.2) is 0 Å². The van der Waals surface area contributed by atoms with Crippen molar-refractivity contribution in [1.82, 2.24) is 4.37 Å². The van der Waals surface area contributed by atoms with E-state index in [0.29, 0.717) is 5.82 Å². The van der Waals surface area contributed by atoms with Crippen LogP contribution < -0.4 is 10.6 Å². The average Bonchev–Trinajstić information content (AvgIpc) is 2.71. The number of hydrogen-bond acceptors (Lipinski definition) is 5. The Morgan fingerprint density at radius 3 is 2.95 bits per heavy atom. The van der Waals surface area contributed by atoms with Crippen LogP contribution in [0.25, 0.3) is 11.1 Å². The van der Waals surface area contributed by atoms with Gasteiger partial charge in [-0.05, 0) is 30.4 Å². The van der Waals surface area contributed by atoms with E-state index in [1.807, 2.05) is 18.2 Å². The second-order valence-electron chi connectivity index (χ2n) is 5.09. The number of ether oxygens (including phenoxy) is 1. The number of nitrogen functional groups attached to an aromatic ring is 1. The highest BCUT2D eigenvalue weighted by atomic mass is 32.1. The summed E-state index contributed by atoms with van der Waals surface area (Å²) in [5.41, 5.74) is 8.29. The van der Waals surface area contributed by atoms with E-state index in [-0.39, 0.29) is 6.10 Å². The van der Waals surface area contributed by atoms with Gasteiger partial charge < -0.3 is 15.4 Å². The van der Waals surface area contributed by atoms with E-state index in [9.17, 15) is 0 Å². The molecule has 1 aromatic carbocycles. The maximum absolute atomic E-state index is 6.10. The summed E-state index contributed by atoms with van der Waals surface area (Å²) in [7, 11) is 0. The van der Waals surface area contributed by atoms with Gasteiger partial charge >= 0.3 is 0 Å². The average molecular weight is 289 g/mol. The van der Waals surface area contributed by atoms with Crippen LogP contribution in [0.15, 0.2) is 30.3 Å². The van der Waals surface area contributed by atoms with Gasteiger partial charge in [0.25, 0.3) is 0 Å². The largest absolute Gasteiger partial charge is 0.382 e. The lowest BCUT2D eigenvalue weighted by molar-refractivity contribution is 0.0821. The third kappa shape index (κ3) is 2.64. The van der Waals surface area contributed by atoms with Crippen molar-refractivity contribution in [2.45, 2.75) is 19.4 Å². The van der Waals surface area contributed by atoms with E-state index in [1.165, 1.54) is 11.5 Å². The van der Waals surface area contributed by atoms with Crippen molar-refractivity contribution >= 4 is 22.4 Å². The number of hydrogen-bond donors (Lipinski definition) is 1. The molecule has 1 fully saturated rings. The van der Waals surface area contributed by atoms with Crippen molar-refractivity contribution in [2.24, 2.45) is 0 Å². The Morgan fingerprint density at radius 1 is 1.35 bits per heavy atom. The molecule has 1 aliphatic heterocycles. The summed E-state index contributed by atoms with van der Waals surface area (Å²) in [4.78, 5) is 2.36. The number of anilines is 2. The number of nitrogens with zero attached hydrogens (tertiary/aromatic N) is 2. The van der Waals surface area contributed by atoms with E-state index in [1.54, 1.807) is 0 Å². The molecule has 2 aromatic rings. The molecular formula is C15H19N3OS. The quantitative estimate of drug-likeness (QED) is 0.923. The van der Waals surface area contributed by atoms with E-state index >= 15 is 0 Å². The molecule has 1 unspecified atom stereocenters. The Hall–Kier alpha value is -1.59. The molecule has 0 aliphatic carbocycles. The summed E-state index contributed by atoms with van der Waals surface area (Å²) in [6, 6.07) is 10.2. The molecule has 0 amide bonds. The Balaban J connectivity index is 1.98. The Labute approximate surface area is 123 Å². The minimum Gasteiger partial charge on any atom is -0.382 e. The molecule has 2 heterocycles. The summed E-state index contributed by atoms with van der Waals surface area (Å²) >= 11 is 1.48. The van der Waals surface area contributed by atoms with Crippen LogP contribution in [0, 0.1) is 0 Å². The lowest BCUT2D eigenvalue weighted by Crippen LogP contribution is -2.29. The Morgan fingerprint density at radius 2 is 2.15 bits per heavy atom. The second-order valence-corrected chi connectivity index (χ2v) is 5.85. The van der Waals surface area contributed by atoms with Crippen LogP contribution in [0.4, 0.5) is 10.8 Å². The fraction of sp³-hybridized carbons (Fsp3) is 0.400. The van der Waals surface area contributed by atoms with E-state index < -0.39 is 0 Å². The molecule has 2 N–H and O–H groups in total. The third-order valence-electron chi connectivity index (χ3n) is 3.50. The summed E-state index contributed by atoms with van der Waals surface area (Å²) < 4.78 is 10.1. The summed E-state index contributed by atoms with van der Waals surface area (Å²) in [5, 5.41) is 1.16. The minimum absolute atomic E-state index is 0.240. The fourth-order valence-electron chi connectivity index (χ4n) is 2.56. The van der Waals surface area contributed by atoms with Crippen LogP contribution in [0.1, 0.15) is 13.3 Å². The van der Waals surface area contributed by atoms with E-state index in [4.69, 9.17) is 10.5 Å². The lowest BCUT2D eigenvalue weighted by Gasteiger charge is -2.23. The maximum Gasteiger partial charge on any atom is 0.147 e. The Bertz CT molecular complexity index is 570. The normalized spacial score (nSPS) is 19.9. The van der Waals surface area contributed by atoms with Crippen molar-refractivity contribution in [3.63, 3.8) is 0 Å². The lowest BCUT2D eigenvalue weighted by atomic mass is 10.1. The molecule has 1 saturated heterocycles. The highest BCUT2D eigenvalue weighted by Crippen LogP contribution is 2.39. The van der Waals surface area contributed by atoms with Crippen molar-refractivity contribution in [3.05, 3.63) is 30.3 Å². The van der Waals surface area contributed by atoms with Crippen molar-refractivity contribution < 1.29 is 4.74 Å². The van der Waals surface area contributed by atoms with Gasteiger partial charge in [0.2, 0.25) is 0 Å². The molecule has 1 aromatic heterocycles. The molecule has 0 saturated carbocycles. The summed E-state index contributed by atoms with van der Waals surface area (Å²) in [5.74, 6) is 0.619. The highest BCUT2D eigenvalue weighted by molar-refractivity contribution is 7.11. The van der Waals surface area contributed by atoms with Gasteiger partial charge in [-0.2, -0.15) is 4.37 Å². The number of aromatic nitrogens is 1. The first-order valence-corrected chi connectivity index (χ1v) is 7.70. The molecule has 3 rings (SSSR count). The third-order valence-corrected chi connectivity index (χ3v) is 4.43. The molecule has 1 atom stereocenters. The number of rotatable bonds is 2. The zero-order chi connectivity index (χ0) is 13.9. The first kappa shape index (κ1) is 13.4. The standard InChI is InChI=1S/C15H19N3OS/c1-11-10-18(8-5-9-19-11)15-13(14(16)17-20-15)12-6-3-2-4-7-12/h2-4,6-7,11H,5,8-10H2,1H3,(H2,16,17). The number of nitrogens with two attached hydrogens (primary N) is 1. The predicted octanol–water partition coefficient (Wildman–Crippen LogP) is 3.01. The molecule has 20 heavy (non-hydrogen) atoms. The van der Waals surface area contributed by atoms with Gasteiger partial charge in [0.15, 0.2) is 0 Å². The number of benzene rings is 1. The van der Waals surface area contributed by atoms with Gasteiger partial charge in [-0.1, -0.05) is 30.3 Å². The van der Waals surface area contributed by atoms with Crippen molar-refractivity contribution in [2.75, 3.05) is 30.3 Å². The fourth-order valence-corrected chi connectivity index (χ4v) is 3.44. The Kier molecular flexibility index (Phi) is 3.89. The summed E-state index contributed by atoms with van der Waals surface area (Å²) in [6.07, 6.45) is 1.28. The zero-order valence-corrected chi connectivity index (χ0v) is 12.4. The van der Waals surface area contributed by atoms with Crippen molar-refractivity contribution in [1.29, 1.82) is 0 Å². The van der Waals surface area contributed by atoms with Gasteiger partial charge in [0, 0.05) is 19.7 Å². The molecule has 5 heteroatoms. The van der Waals surface area contributed by atoms with Crippen LogP contribution in [0.3, 0.4) is 0 Å². The molecular weight excluding hydrogens is 270 g/mol. The van der Waals surface area contributed by atoms with Crippen LogP contribution in [0.2, 0.25) is 0 Å². The molecule has 0 radical (unpaired) electrons. The maximum atomic E-state index is 6.10. The second kappa shape index (κ2) is 5.81. The van der Waals surface area contributed by atoms with E-state index in [2.05, 4.69) is 28.3 Å². The molecule has 106 valence electrons. The monoisotopic (exact) mass is 289 g/mol. The first-order valence-electron chi connectivity index (χ1n) is 6.93. The topological polar surface area (TPSA) is 51.4 Å². The minimum atomic E-state index is 0.240. The van der Waals surface area contributed by atoms with Crippen molar-refractivity contribution in [3.8, 4) is 11.1 Å². The van der Waals surface area contributed by atoms with Gasteiger partial charge in [0.1, 0.15) is 10.8 Å². The highest BCUT2D eigenvalue weighted by Gasteiger charge is 2.22. The van der Waals surface area contributed by atoms with Gasteiger partial charge in [0.05, 0.1) is 11.7 Å². The van der Waals surface area contributed by atoms with Crippen LogP contribution in [-0.2, 0) is 4.74 Å². The smallest absolute Gasteiger partial charge is 0.147 e. The molecule has 1 aliphatic rings. The zero-order valence-electron chi connectivity index (χ0n) is 11.6. The molecule has 4 nitrogen and oxygen atoms in total. The van der Waals surface area contributed by atoms with E-state index in [0.717, 1.165) is 42.2 Å². The molecule has 0 spiro atoms. The first-order chi connectivity index (χ1) is 9.75. The summed E-state index contributed by atoms with van der Waals surface area (Å²) in [6.45, 7) is 4.82. The van der Waals surface area contributed by atoms with Crippen LogP contribution in [0.5, 0.6) is 0 Å². The predicted molar refractivity (Wildman–Crippen MR) is 84.2 cm³/mol.